The number of ether oxygens (including phenoxy) is 1. The maximum Gasteiger partial charge on any atom is 0.271 e. The smallest absolute Gasteiger partial charge is 0.271 e. The van der Waals surface area contributed by atoms with Gasteiger partial charge >= 0.3 is 0 Å². The van der Waals surface area contributed by atoms with Gasteiger partial charge in [-0.05, 0) is 30.3 Å². The van der Waals surface area contributed by atoms with Gasteiger partial charge in [0.1, 0.15) is 11.5 Å². The lowest BCUT2D eigenvalue weighted by Crippen LogP contribution is -2.08. The average molecular weight is 393 g/mol. The number of nitro benzene ring substituents is 1. The van der Waals surface area contributed by atoms with Gasteiger partial charge in [0, 0.05) is 28.2 Å². The third-order valence-corrected chi connectivity index (χ3v) is 3.55. The van der Waals surface area contributed by atoms with E-state index < -0.39 is 10.8 Å². The van der Waals surface area contributed by atoms with Crippen molar-refractivity contribution in [1.29, 1.82) is 0 Å². The molecule has 0 aliphatic carbocycles. The zero-order valence-electron chi connectivity index (χ0n) is 12.5. The molecule has 0 fully saturated rings. The fourth-order valence-electron chi connectivity index (χ4n) is 1.91. The molecule has 0 aromatic heterocycles. The maximum absolute atomic E-state index is 12.0. The number of nitrogens with zero attached hydrogens (tertiary/aromatic N) is 1. The molecule has 1 amide bonds. The van der Waals surface area contributed by atoms with Gasteiger partial charge in [-0.1, -0.05) is 15.9 Å². The van der Waals surface area contributed by atoms with Crippen LogP contribution >= 0.6 is 15.9 Å². The summed E-state index contributed by atoms with van der Waals surface area (Å²) in [5, 5.41) is 22.8. The predicted octanol–water partition coefficient (Wildman–Crippen LogP) is 3.72. The Hall–Kier alpha value is -2.87. The molecular weight excluding hydrogens is 380 g/mol. The molecule has 0 unspecified atom stereocenters. The van der Waals surface area contributed by atoms with E-state index in [1.54, 1.807) is 18.2 Å². The van der Waals surface area contributed by atoms with Crippen molar-refractivity contribution < 1.29 is 19.6 Å². The highest BCUT2D eigenvalue weighted by Gasteiger charge is 2.11. The first-order chi connectivity index (χ1) is 11.4. The van der Waals surface area contributed by atoms with Gasteiger partial charge in [-0.3, -0.25) is 14.9 Å². The molecule has 7 nitrogen and oxygen atoms in total. The van der Waals surface area contributed by atoms with E-state index in [0.717, 1.165) is 22.7 Å². The van der Waals surface area contributed by atoms with Crippen molar-refractivity contribution >= 4 is 39.3 Å². The van der Waals surface area contributed by atoms with E-state index in [0.29, 0.717) is 11.3 Å². The van der Waals surface area contributed by atoms with Crippen molar-refractivity contribution in [3.8, 4) is 11.5 Å². The lowest BCUT2D eigenvalue weighted by molar-refractivity contribution is -0.384. The number of nitro groups is 1. The largest absolute Gasteiger partial charge is 0.506 e. The Morgan fingerprint density at radius 2 is 2.08 bits per heavy atom. The molecule has 8 heteroatoms. The zero-order valence-corrected chi connectivity index (χ0v) is 14.1. The van der Waals surface area contributed by atoms with Gasteiger partial charge in [-0.2, -0.15) is 0 Å². The molecule has 0 atom stereocenters. The van der Waals surface area contributed by atoms with Crippen LogP contribution in [0.4, 0.5) is 11.4 Å². The van der Waals surface area contributed by atoms with Crippen molar-refractivity contribution in [2.45, 2.75) is 0 Å². The van der Waals surface area contributed by atoms with Crippen molar-refractivity contribution in [2.24, 2.45) is 0 Å². The first kappa shape index (κ1) is 17.5. The van der Waals surface area contributed by atoms with Gasteiger partial charge in [-0.15, -0.1) is 0 Å². The summed E-state index contributed by atoms with van der Waals surface area (Å²) in [7, 11) is 1.52. The molecule has 2 rings (SSSR count). The molecular formula is C16H13BrN2O5. The Labute approximate surface area is 145 Å². The lowest BCUT2D eigenvalue weighted by atomic mass is 10.2. The third-order valence-electron chi connectivity index (χ3n) is 3.05. The van der Waals surface area contributed by atoms with E-state index in [2.05, 4.69) is 21.2 Å². The minimum absolute atomic E-state index is 0.0416. The number of hydrogen-bond donors (Lipinski definition) is 2. The number of aromatic hydroxyl groups is 1. The number of halogens is 1. The molecule has 24 heavy (non-hydrogen) atoms. The van der Waals surface area contributed by atoms with Gasteiger partial charge in [0.25, 0.3) is 5.69 Å². The minimum atomic E-state index is -0.614. The van der Waals surface area contributed by atoms with Crippen LogP contribution in [0.25, 0.3) is 6.08 Å². The summed E-state index contributed by atoms with van der Waals surface area (Å²) in [6.45, 7) is 0. The Bertz CT molecular complexity index is 820. The van der Waals surface area contributed by atoms with Crippen LogP contribution in [0.15, 0.2) is 46.9 Å². The number of benzene rings is 2. The number of phenols is 1. The van der Waals surface area contributed by atoms with Crippen molar-refractivity contribution in [3.63, 3.8) is 0 Å². The molecule has 0 spiro atoms. The van der Waals surface area contributed by atoms with Crippen LogP contribution in [0.5, 0.6) is 11.5 Å². The Kier molecular flexibility index (Phi) is 5.54. The van der Waals surface area contributed by atoms with Gasteiger partial charge in [0.15, 0.2) is 0 Å². The van der Waals surface area contributed by atoms with Gasteiger partial charge < -0.3 is 15.2 Å². The van der Waals surface area contributed by atoms with Gasteiger partial charge in [0.05, 0.1) is 17.7 Å². The molecule has 0 aliphatic rings. The number of nitrogens with one attached hydrogen (secondary N) is 1. The number of non-ortho nitro benzene ring substituents is 1. The topological polar surface area (TPSA) is 102 Å². The fraction of sp³-hybridized carbons (Fsp3) is 0.0625. The zero-order chi connectivity index (χ0) is 17.7. The van der Waals surface area contributed by atoms with Crippen LogP contribution in [0.2, 0.25) is 0 Å². The number of hydrogen-bond acceptors (Lipinski definition) is 5. The predicted molar refractivity (Wildman–Crippen MR) is 93.1 cm³/mol. The molecule has 0 aliphatic heterocycles. The molecule has 0 saturated carbocycles. The second kappa shape index (κ2) is 7.60. The number of rotatable bonds is 5. The maximum atomic E-state index is 12.0. The summed E-state index contributed by atoms with van der Waals surface area (Å²) in [5.41, 5.74) is 0.395. The summed E-state index contributed by atoms with van der Waals surface area (Å²) < 4.78 is 6.01. The molecule has 0 bridgehead atoms. The Morgan fingerprint density at radius 3 is 2.75 bits per heavy atom. The first-order valence-electron chi connectivity index (χ1n) is 6.70. The quantitative estimate of drug-likeness (QED) is 0.349. The number of carbonyl (C=O) groups is 1. The number of anilines is 1. The fourth-order valence-corrected chi connectivity index (χ4v) is 2.29. The lowest BCUT2D eigenvalue weighted by Gasteiger charge is -2.06. The highest BCUT2D eigenvalue weighted by molar-refractivity contribution is 9.10. The van der Waals surface area contributed by atoms with Crippen LogP contribution in [0.3, 0.4) is 0 Å². The number of methoxy groups -OCH3 is 1. The van der Waals surface area contributed by atoms with Crippen molar-refractivity contribution in [3.05, 3.63) is 62.6 Å². The molecule has 0 radical (unpaired) electrons. The van der Waals surface area contributed by atoms with Gasteiger partial charge in [0.2, 0.25) is 5.91 Å². The monoisotopic (exact) mass is 392 g/mol. The molecule has 0 saturated heterocycles. The van der Waals surface area contributed by atoms with Gasteiger partial charge in [-0.25, -0.2) is 0 Å². The van der Waals surface area contributed by atoms with Crippen LogP contribution in [0.1, 0.15) is 5.56 Å². The van der Waals surface area contributed by atoms with E-state index in [1.165, 1.54) is 19.3 Å². The van der Waals surface area contributed by atoms with E-state index in [4.69, 9.17) is 4.74 Å². The Morgan fingerprint density at radius 1 is 1.33 bits per heavy atom. The summed E-state index contributed by atoms with van der Waals surface area (Å²) >= 11 is 3.33. The molecule has 2 aromatic rings. The van der Waals surface area contributed by atoms with E-state index in [9.17, 15) is 20.0 Å². The van der Waals surface area contributed by atoms with E-state index >= 15 is 0 Å². The summed E-state index contributed by atoms with van der Waals surface area (Å²) in [5.74, 6) is -0.226. The van der Waals surface area contributed by atoms with Crippen molar-refractivity contribution in [1.82, 2.24) is 0 Å². The van der Waals surface area contributed by atoms with Crippen LogP contribution in [-0.4, -0.2) is 23.0 Å². The molecule has 2 N–H and O–H groups in total. The first-order valence-corrected chi connectivity index (χ1v) is 7.50. The average Bonchev–Trinajstić information content (AvgIpc) is 2.55. The minimum Gasteiger partial charge on any atom is -0.506 e. The summed E-state index contributed by atoms with van der Waals surface area (Å²) in [6, 6.07) is 8.70. The SMILES string of the molecule is COc1ccc(Br)cc1/C=C/C(=O)Nc1cc([N+](=O)[O-])ccc1O. The van der Waals surface area contributed by atoms with Crippen molar-refractivity contribution in [2.75, 3.05) is 12.4 Å². The number of carbonyl (C=O) groups excluding carboxylic acids is 1. The molecule has 0 heterocycles. The molecule has 2 aromatic carbocycles. The number of amides is 1. The summed E-state index contributed by atoms with van der Waals surface area (Å²) in [6.07, 6.45) is 2.77. The van der Waals surface area contributed by atoms with Crippen LogP contribution < -0.4 is 10.1 Å². The van der Waals surface area contributed by atoms with Crippen LogP contribution in [0, 0.1) is 10.1 Å². The van der Waals surface area contributed by atoms with E-state index in [1.807, 2.05) is 0 Å². The Balaban J connectivity index is 2.18. The number of phenolic OH excluding ortho intramolecular Hbond substituents is 1. The van der Waals surface area contributed by atoms with Crippen LogP contribution in [-0.2, 0) is 4.79 Å². The second-order valence-corrected chi connectivity index (χ2v) is 5.58. The summed E-state index contributed by atoms with van der Waals surface area (Å²) in [4.78, 5) is 22.1. The third kappa shape index (κ3) is 4.32. The highest BCUT2D eigenvalue weighted by Crippen LogP contribution is 2.28. The normalized spacial score (nSPS) is 10.6. The second-order valence-electron chi connectivity index (χ2n) is 4.67. The molecule has 124 valence electrons. The van der Waals surface area contributed by atoms with E-state index in [-0.39, 0.29) is 17.1 Å². The standard InChI is InChI=1S/C16H13BrN2O5/c1-24-15-6-3-11(17)8-10(15)2-7-16(21)18-13-9-12(19(22)23)4-5-14(13)20/h2-9,20H,1H3,(H,18,21)/b7-2+. The highest BCUT2D eigenvalue weighted by atomic mass is 79.9.